The molecule has 0 bridgehead atoms. The lowest BCUT2D eigenvalue weighted by Crippen LogP contribution is -2.34. The first-order valence-electron chi connectivity index (χ1n) is 6.08. The quantitative estimate of drug-likeness (QED) is 0.731. The van der Waals surface area contributed by atoms with Crippen LogP contribution in [0.1, 0.15) is 38.5 Å². The van der Waals surface area contributed by atoms with Gasteiger partial charge in [0.15, 0.2) is 0 Å². The first-order valence-corrected chi connectivity index (χ1v) is 6.08. The van der Waals surface area contributed by atoms with Gasteiger partial charge in [0.05, 0.1) is 0 Å². The van der Waals surface area contributed by atoms with Gasteiger partial charge >= 0.3 is 0 Å². The summed E-state index contributed by atoms with van der Waals surface area (Å²) < 4.78 is 31.1. The van der Waals surface area contributed by atoms with Crippen molar-refractivity contribution in [3.63, 3.8) is 0 Å². The summed E-state index contributed by atoms with van der Waals surface area (Å²) in [6.07, 6.45) is 2.03. The van der Waals surface area contributed by atoms with Crippen molar-refractivity contribution in [2.24, 2.45) is 11.8 Å². The third-order valence-corrected chi connectivity index (χ3v) is 3.74. The van der Waals surface area contributed by atoms with Gasteiger partial charge in [-0.15, -0.1) is 0 Å². The molecule has 1 aliphatic carbocycles. The monoisotopic (exact) mass is 232 g/mol. The molecule has 0 N–H and O–H groups in total. The van der Waals surface area contributed by atoms with Crippen LogP contribution in [0, 0.1) is 11.8 Å². The molecule has 4 heteroatoms. The molecule has 1 saturated carbocycles. The minimum absolute atomic E-state index is 0.0606. The van der Waals surface area contributed by atoms with E-state index < -0.39 is 5.92 Å². The normalized spacial score (nSPS) is 27.9. The van der Waals surface area contributed by atoms with Crippen LogP contribution in [-0.4, -0.2) is 24.9 Å². The van der Waals surface area contributed by atoms with Crippen molar-refractivity contribution in [3.8, 4) is 0 Å². The molecule has 1 heterocycles. The smallest absolute Gasteiger partial charge is 0.248 e. The summed E-state index contributed by atoms with van der Waals surface area (Å²) >= 11 is 0. The lowest BCUT2D eigenvalue weighted by atomic mass is 9.78. The molecule has 0 radical (unpaired) electrons. The topological polar surface area (TPSA) is 26.3 Å². The Morgan fingerprint density at radius 2 is 1.50 bits per heavy atom. The second-order valence-electron chi connectivity index (χ2n) is 4.92. The molecule has 0 unspecified atom stereocenters. The highest BCUT2D eigenvalue weighted by molar-refractivity contribution is 5.83. The Hall–Kier alpha value is -0.510. The number of alkyl halides is 2. The summed E-state index contributed by atoms with van der Waals surface area (Å²) in [6, 6.07) is 0. The number of rotatable bonds is 2. The molecule has 0 aromatic rings. The van der Waals surface area contributed by atoms with Crippen LogP contribution in [0.3, 0.4) is 0 Å². The number of halogens is 2. The molecular weight excluding hydrogens is 214 g/mol. The molecule has 92 valence electrons. The van der Waals surface area contributed by atoms with Crippen LogP contribution >= 0.6 is 0 Å². The van der Waals surface area contributed by atoms with Crippen molar-refractivity contribution in [2.45, 2.75) is 44.4 Å². The summed E-state index contributed by atoms with van der Waals surface area (Å²) in [6.45, 7) is 1.28. The minimum Gasteiger partial charge on any atom is -0.381 e. The summed E-state index contributed by atoms with van der Waals surface area (Å²) in [5.74, 6) is -2.39. The molecule has 2 fully saturated rings. The van der Waals surface area contributed by atoms with Crippen molar-refractivity contribution in [1.82, 2.24) is 0 Å². The Kier molecular flexibility index (Phi) is 3.57. The Morgan fingerprint density at radius 1 is 1.00 bits per heavy atom. The van der Waals surface area contributed by atoms with Gasteiger partial charge in [0, 0.05) is 37.9 Å². The standard InChI is InChI=1S/C12H18F2O2/c13-12(14)5-1-9(2-6-12)11(15)10-3-7-16-8-4-10/h9-10H,1-8H2. The number of Topliss-reactive ketones (excluding diaryl/α,β-unsaturated/α-hetero) is 1. The maximum Gasteiger partial charge on any atom is 0.248 e. The van der Waals surface area contributed by atoms with Crippen molar-refractivity contribution in [3.05, 3.63) is 0 Å². The fourth-order valence-corrected chi connectivity index (χ4v) is 2.64. The van der Waals surface area contributed by atoms with Crippen LogP contribution < -0.4 is 0 Å². The zero-order chi connectivity index (χ0) is 11.6. The van der Waals surface area contributed by atoms with E-state index in [2.05, 4.69) is 0 Å². The number of carbonyl (C=O) groups is 1. The van der Waals surface area contributed by atoms with Gasteiger partial charge < -0.3 is 4.74 Å². The molecule has 16 heavy (non-hydrogen) atoms. The van der Waals surface area contributed by atoms with Gasteiger partial charge in [-0.3, -0.25) is 4.79 Å². The average molecular weight is 232 g/mol. The van der Waals surface area contributed by atoms with E-state index in [0.29, 0.717) is 26.1 Å². The zero-order valence-corrected chi connectivity index (χ0v) is 9.38. The highest BCUT2D eigenvalue weighted by Crippen LogP contribution is 2.38. The largest absolute Gasteiger partial charge is 0.381 e. The van der Waals surface area contributed by atoms with Gasteiger partial charge in [0.25, 0.3) is 0 Å². The molecule has 0 atom stereocenters. The second-order valence-corrected chi connectivity index (χ2v) is 4.92. The summed E-state index contributed by atoms with van der Waals surface area (Å²) in [4.78, 5) is 12.1. The first-order chi connectivity index (χ1) is 7.58. The zero-order valence-electron chi connectivity index (χ0n) is 9.38. The predicted molar refractivity (Wildman–Crippen MR) is 55.5 cm³/mol. The van der Waals surface area contributed by atoms with E-state index in [0.717, 1.165) is 12.8 Å². The van der Waals surface area contributed by atoms with Gasteiger partial charge in [0.1, 0.15) is 5.78 Å². The summed E-state index contributed by atoms with van der Waals surface area (Å²) in [5.41, 5.74) is 0. The van der Waals surface area contributed by atoms with Gasteiger partial charge in [-0.25, -0.2) is 8.78 Å². The van der Waals surface area contributed by atoms with E-state index >= 15 is 0 Å². The molecule has 0 amide bonds. The number of ether oxygens (including phenoxy) is 1. The SMILES string of the molecule is O=C(C1CCOCC1)C1CCC(F)(F)CC1. The average Bonchev–Trinajstić information content (AvgIpc) is 2.29. The molecular formula is C12H18F2O2. The maximum atomic E-state index is 13.0. The molecule has 2 aliphatic rings. The lowest BCUT2D eigenvalue weighted by Gasteiger charge is -2.30. The van der Waals surface area contributed by atoms with Crippen LogP contribution in [0.4, 0.5) is 8.78 Å². The fourth-order valence-electron chi connectivity index (χ4n) is 2.64. The predicted octanol–water partition coefficient (Wildman–Crippen LogP) is 2.81. The highest BCUT2D eigenvalue weighted by atomic mass is 19.3. The van der Waals surface area contributed by atoms with Gasteiger partial charge in [-0.1, -0.05) is 0 Å². The summed E-state index contributed by atoms with van der Waals surface area (Å²) in [7, 11) is 0. The second kappa shape index (κ2) is 4.78. The van der Waals surface area contributed by atoms with E-state index in [4.69, 9.17) is 4.74 Å². The minimum atomic E-state index is -2.54. The van der Waals surface area contributed by atoms with Crippen LogP contribution in [0.15, 0.2) is 0 Å². The molecule has 1 saturated heterocycles. The van der Waals surface area contributed by atoms with E-state index in [1.165, 1.54) is 0 Å². The van der Waals surface area contributed by atoms with Gasteiger partial charge in [-0.2, -0.15) is 0 Å². The van der Waals surface area contributed by atoms with Gasteiger partial charge in [0.2, 0.25) is 5.92 Å². The van der Waals surface area contributed by atoms with Crippen molar-refractivity contribution in [2.75, 3.05) is 13.2 Å². The third-order valence-electron chi connectivity index (χ3n) is 3.74. The Morgan fingerprint density at radius 3 is 2.06 bits per heavy atom. The summed E-state index contributed by atoms with van der Waals surface area (Å²) in [5, 5.41) is 0. The Labute approximate surface area is 94.3 Å². The number of hydrogen-bond acceptors (Lipinski definition) is 2. The van der Waals surface area contributed by atoms with E-state index in [1.54, 1.807) is 0 Å². The third kappa shape index (κ3) is 2.78. The highest BCUT2D eigenvalue weighted by Gasteiger charge is 2.39. The maximum absolute atomic E-state index is 13.0. The van der Waals surface area contributed by atoms with Crippen LogP contribution in [0.2, 0.25) is 0 Å². The molecule has 1 aliphatic heterocycles. The fraction of sp³-hybridized carbons (Fsp3) is 0.917. The van der Waals surface area contributed by atoms with Crippen LogP contribution in [0.5, 0.6) is 0 Å². The number of ketones is 1. The van der Waals surface area contributed by atoms with Crippen LogP contribution in [0.25, 0.3) is 0 Å². The van der Waals surface area contributed by atoms with Crippen molar-refractivity contribution >= 4 is 5.78 Å². The van der Waals surface area contributed by atoms with Crippen molar-refractivity contribution < 1.29 is 18.3 Å². The first kappa shape index (κ1) is 12.0. The molecule has 0 spiro atoms. The van der Waals surface area contributed by atoms with Gasteiger partial charge in [-0.05, 0) is 25.7 Å². The Balaban J connectivity index is 1.86. The number of carbonyl (C=O) groups excluding carboxylic acids is 1. The molecule has 2 nitrogen and oxygen atoms in total. The van der Waals surface area contributed by atoms with Crippen molar-refractivity contribution in [1.29, 1.82) is 0 Å². The lowest BCUT2D eigenvalue weighted by molar-refractivity contribution is -0.133. The van der Waals surface area contributed by atoms with E-state index in [-0.39, 0.29) is 30.5 Å². The van der Waals surface area contributed by atoms with Crippen LogP contribution in [-0.2, 0) is 9.53 Å². The number of hydrogen-bond donors (Lipinski definition) is 0. The molecule has 0 aromatic heterocycles. The van der Waals surface area contributed by atoms with E-state index in [1.807, 2.05) is 0 Å². The Bertz CT molecular complexity index is 250. The molecule has 2 rings (SSSR count). The molecule has 0 aromatic carbocycles. The van der Waals surface area contributed by atoms with E-state index in [9.17, 15) is 13.6 Å².